The van der Waals surface area contributed by atoms with Crippen molar-refractivity contribution < 1.29 is 14.3 Å². The van der Waals surface area contributed by atoms with E-state index in [1.54, 1.807) is 24.3 Å². The standard InChI is InChI=1S/C27H27ClN6O3/c1-3-14-37-25-23(28)15-20(16-24(25)36-4-2)17-29-31-27(35)22-12-10-19(11-13-22)18-34-32-26(30-33-34)21-8-6-5-7-9-21/h5-13,15-17H,3-4,14,18H2,1-2H3,(H,31,35)/b29-17+. The van der Waals surface area contributed by atoms with Crippen molar-refractivity contribution >= 4 is 23.7 Å². The molecule has 0 atom stereocenters. The van der Waals surface area contributed by atoms with E-state index in [4.69, 9.17) is 21.1 Å². The maximum Gasteiger partial charge on any atom is 0.271 e. The monoisotopic (exact) mass is 518 g/mol. The molecule has 0 saturated heterocycles. The first-order valence-electron chi connectivity index (χ1n) is 11.9. The van der Waals surface area contributed by atoms with Crippen molar-refractivity contribution in [1.29, 1.82) is 0 Å². The SMILES string of the molecule is CCCOc1c(Cl)cc(/C=N/NC(=O)c2ccc(Cn3nnc(-c4ccccc4)n3)cc2)cc1OCC. The predicted molar refractivity (Wildman–Crippen MR) is 142 cm³/mol. The van der Waals surface area contributed by atoms with Crippen molar-refractivity contribution in [3.63, 3.8) is 0 Å². The van der Waals surface area contributed by atoms with Crippen molar-refractivity contribution in [3.05, 3.63) is 88.4 Å². The predicted octanol–water partition coefficient (Wildman–Crippen LogP) is 4.99. The molecule has 190 valence electrons. The number of rotatable bonds is 11. The van der Waals surface area contributed by atoms with Gasteiger partial charge >= 0.3 is 0 Å². The van der Waals surface area contributed by atoms with Gasteiger partial charge in [-0.25, -0.2) is 5.43 Å². The molecular formula is C27H27ClN6O3. The molecule has 4 aromatic rings. The van der Waals surface area contributed by atoms with Crippen LogP contribution < -0.4 is 14.9 Å². The Kier molecular flexibility index (Phi) is 8.83. The van der Waals surface area contributed by atoms with E-state index in [0.717, 1.165) is 17.5 Å². The summed E-state index contributed by atoms with van der Waals surface area (Å²) in [6.07, 6.45) is 2.36. The summed E-state index contributed by atoms with van der Waals surface area (Å²) < 4.78 is 11.4. The molecule has 9 nitrogen and oxygen atoms in total. The number of hydrazone groups is 1. The van der Waals surface area contributed by atoms with Crippen LogP contribution in [0.25, 0.3) is 11.4 Å². The molecule has 0 unspecified atom stereocenters. The van der Waals surface area contributed by atoms with Crippen molar-refractivity contribution in [2.75, 3.05) is 13.2 Å². The largest absolute Gasteiger partial charge is 0.490 e. The molecule has 0 fully saturated rings. The van der Waals surface area contributed by atoms with Crippen LogP contribution in [-0.2, 0) is 6.54 Å². The van der Waals surface area contributed by atoms with Gasteiger partial charge < -0.3 is 9.47 Å². The topological polar surface area (TPSA) is 104 Å². The van der Waals surface area contributed by atoms with E-state index in [9.17, 15) is 4.79 Å². The molecule has 1 amide bonds. The molecule has 0 spiro atoms. The van der Waals surface area contributed by atoms with Gasteiger partial charge in [-0.15, -0.1) is 10.2 Å². The number of tetrazole rings is 1. The normalized spacial score (nSPS) is 11.0. The highest BCUT2D eigenvalue weighted by atomic mass is 35.5. The second kappa shape index (κ2) is 12.6. The lowest BCUT2D eigenvalue weighted by molar-refractivity contribution is 0.0955. The second-order valence-corrected chi connectivity index (χ2v) is 8.42. The fourth-order valence-electron chi connectivity index (χ4n) is 3.44. The molecule has 1 heterocycles. The van der Waals surface area contributed by atoms with Crippen molar-refractivity contribution in [3.8, 4) is 22.9 Å². The number of halogens is 1. The molecular weight excluding hydrogens is 492 g/mol. The van der Waals surface area contributed by atoms with Crippen LogP contribution in [0.15, 0.2) is 71.8 Å². The fraction of sp³-hybridized carbons (Fsp3) is 0.222. The van der Waals surface area contributed by atoms with Crippen LogP contribution in [-0.4, -0.2) is 45.5 Å². The van der Waals surface area contributed by atoms with Gasteiger partial charge in [0.1, 0.15) is 0 Å². The molecule has 4 rings (SSSR count). The summed E-state index contributed by atoms with van der Waals surface area (Å²) in [6, 6.07) is 20.3. The molecule has 0 aliphatic heterocycles. The molecule has 0 saturated carbocycles. The van der Waals surface area contributed by atoms with Crippen LogP contribution in [0.2, 0.25) is 5.02 Å². The van der Waals surface area contributed by atoms with E-state index in [2.05, 4.69) is 25.9 Å². The van der Waals surface area contributed by atoms with Crippen LogP contribution in [0.5, 0.6) is 11.5 Å². The van der Waals surface area contributed by atoms with Gasteiger partial charge in [0.15, 0.2) is 11.5 Å². The van der Waals surface area contributed by atoms with Crippen LogP contribution >= 0.6 is 11.6 Å². The average molecular weight is 519 g/mol. The number of hydrogen-bond donors (Lipinski definition) is 1. The number of ether oxygens (including phenoxy) is 2. The molecule has 0 radical (unpaired) electrons. The molecule has 0 aliphatic carbocycles. The maximum atomic E-state index is 12.5. The highest BCUT2D eigenvalue weighted by Gasteiger charge is 2.12. The summed E-state index contributed by atoms with van der Waals surface area (Å²) >= 11 is 6.38. The third-order valence-electron chi connectivity index (χ3n) is 5.19. The van der Waals surface area contributed by atoms with Gasteiger partial charge in [-0.3, -0.25) is 4.79 Å². The lowest BCUT2D eigenvalue weighted by atomic mass is 10.1. The van der Waals surface area contributed by atoms with Crippen molar-refractivity contribution in [2.24, 2.45) is 5.10 Å². The summed E-state index contributed by atoms with van der Waals surface area (Å²) in [4.78, 5) is 14.1. The van der Waals surface area contributed by atoms with Gasteiger partial charge in [-0.1, -0.05) is 61.0 Å². The first-order valence-corrected chi connectivity index (χ1v) is 12.3. The summed E-state index contributed by atoms with van der Waals surface area (Å²) in [5.41, 5.74) is 5.50. The second-order valence-electron chi connectivity index (χ2n) is 8.02. The van der Waals surface area contributed by atoms with Gasteiger partial charge in [-0.05, 0) is 54.0 Å². The van der Waals surface area contributed by atoms with Gasteiger partial charge in [0.2, 0.25) is 5.82 Å². The van der Waals surface area contributed by atoms with Crippen LogP contribution in [0, 0.1) is 0 Å². The minimum absolute atomic E-state index is 0.341. The number of nitrogens with zero attached hydrogens (tertiary/aromatic N) is 5. The van der Waals surface area contributed by atoms with E-state index < -0.39 is 0 Å². The number of carbonyl (C=O) groups excluding carboxylic acids is 1. The summed E-state index contributed by atoms with van der Waals surface area (Å²) in [6.45, 7) is 5.33. The van der Waals surface area contributed by atoms with Crippen molar-refractivity contribution in [1.82, 2.24) is 25.6 Å². The molecule has 1 aromatic heterocycles. The molecule has 0 aliphatic rings. The molecule has 1 N–H and O–H groups in total. The Bertz CT molecular complexity index is 1360. The van der Waals surface area contributed by atoms with Gasteiger partial charge in [0.25, 0.3) is 5.91 Å². The van der Waals surface area contributed by atoms with E-state index in [0.29, 0.717) is 53.2 Å². The Morgan fingerprint density at radius 2 is 1.86 bits per heavy atom. The van der Waals surface area contributed by atoms with E-state index in [-0.39, 0.29) is 5.91 Å². The van der Waals surface area contributed by atoms with E-state index in [1.807, 2.05) is 56.3 Å². The maximum absolute atomic E-state index is 12.5. The smallest absolute Gasteiger partial charge is 0.271 e. The number of hydrogen-bond acceptors (Lipinski definition) is 7. The number of aromatic nitrogens is 4. The number of carbonyl (C=O) groups is 1. The Labute approximate surface area is 220 Å². The first kappa shape index (κ1) is 25.8. The Morgan fingerprint density at radius 3 is 2.59 bits per heavy atom. The van der Waals surface area contributed by atoms with Gasteiger partial charge in [0, 0.05) is 11.1 Å². The zero-order valence-electron chi connectivity index (χ0n) is 20.6. The number of nitrogens with one attached hydrogen (secondary N) is 1. The highest BCUT2D eigenvalue weighted by molar-refractivity contribution is 6.32. The Hall–Kier alpha value is -4.24. The van der Waals surface area contributed by atoms with Gasteiger partial charge in [-0.2, -0.15) is 9.90 Å². The average Bonchev–Trinajstić information content (AvgIpc) is 3.38. The Morgan fingerprint density at radius 1 is 1.08 bits per heavy atom. The summed E-state index contributed by atoms with van der Waals surface area (Å²) in [5, 5.41) is 17.1. The molecule has 10 heteroatoms. The minimum Gasteiger partial charge on any atom is -0.490 e. The molecule has 3 aromatic carbocycles. The third-order valence-corrected chi connectivity index (χ3v) is 5.47. The minimum atomic E-state index is -0.341. The quantitative estimate of drug-likeness (QED) is 0.221. The lowest BCUT2D eigenvalue weighted by Crippen LogP contribution is -2.17. The van der Waals surface area contributed by atoms with Crippen LogP contribution in [0.3, 0.4) is 0 Å². The first-order chi connectivity index (χ1) is 18.1. The third kappa shape index (κ3) is 6.92. The number of amides is 1. The lowest BCUT2D eigenvalue weighted by Gasteiger charge is -2.13. The molecule has 0 bridgehead atoms. The van der Waals surface area contributed by atoms with Crippen LogP contribution in [0.4, 0.5) is 0 Å². The zero-order chi connectivity index (χ0) is 26.0. The number of benzene rings is 3. The fourth-order valence-corrected chi connectivity index (χ4v) is 3.71. The summed E-state index contributed by atoms with van der Waals surface area (Å²) in [7, 11) is 0. The summed E-state index contributed by atoms with van der Waals surface area (Å²) in [5.74, 6) is 1.26. The van der Waals surface area contributed by atoms with Crippen LogP contribution in [0.1, 0.15) is 41.8 Å². The highest BCUT2D eigenvalue weighted by Crippen LogP contribution is 2.36. The molecule has 37 heavy (non-hydrogen) atoms. The van der Waals surface area contributed by atoms with E-state index >= 15 is 0 Å². The van der Waals surface area contributed by atoms with E-state index in [1.165, 1.54) is 11.0 Å². The van der Waals surface area contributed by atoms with Crippen molar-refractivity contribution in [2.45, 2.75) is 26.8 Å². The van der Waals surface area contributed by atoms with Gasteiger partial charge in [0.05, 0.1) is 31.0 Å². The Balaban J connectivity index is 1.36. The zero-order valence-corrected chi connectivity index (χ0v) is 21.4.